The molecule has 2 aromatic rings. The molecule has 1 aliphatic heterocycles. The number of aliphatic hydroxyl groups is 4. The second kappa shape index (κ2) is 9.94. The second-order valence-electron chi connectivity index (χ2n) is 8.60. The number of halogens is 1. The molecule has 0 radical (unpaired) electrons. The maximum absolute atomic E-state index is 11.7. The molecule has 34 heavy (non-hydrogen) atoms. The lowest BCUT2D eigenvalue weighted by atomic mass is 10.1. The van der Waals surface area contributed by atoms with Gasteiger partial charge in [0.2, 0.25) is 10.6 Å². The third-order valence-electron chi connectivity index (χ3n) is 6.41. The minimum absolute atomic E-state index is 0.0318. The van der Waals surface area contributed by atoms with Crippen molar-refractivity contribution in [3.8, 4) is 0 Å². The highest BCUT2D eigenvalue weighted by Crippen LogP contribution is 2.51. The van der Waals surface area contributed by atoms with Gasteiger partial charge >= 0.3 is 7.60 Å². The third-order valence-corrected chi connectivity index (χ3v) is 8.04. The molecule has 2 aliphatic rings. The van der Waals surface area contributed by atoms with Crippen LogP contribution in [0, 0.1) is 0 Å². The first-order valence-electron chi connectivity index (χ1n) is 10.8. The maximum Gasteiger partial charge on any atom is 0.361 e. The van der Waals surface area contributed by atoms with Gasteiger partial charge in [-0.05, 0) is 36.6 Å². The molecule has 0 unspecified atom stereocenters. The SMILES string of the molecule is O=P(O)(O)C(CO)(CO)OC[C@H]1O[C@H](c2ccc3c(NC4CCCC4)nc(Cl)nn23)[C@H](O)[C@@H]1O. The van der Waals surface area contributed by atoms with Crippen LogP contribution >= 0.6 is 19.2 Å². The summed E-state index contributed by atoms with van der Waals surface area (Å²) in [5.74, 6) is 0.531. The molecular formula is C19H28ClN4O9P. The highest BCUT2D eigenvalue weighted by atomic mass is 35.5. The number of aliphatic hydroxyl groups excluding tert-OH is 4. The Morgan fingerprint density at radius 1 is 1.21 bits per heavy atom. The molecule has 0 spiro atoms. The Morgan fingerprint density at radius 3 is 2.50 bits per heavy atom. The van der Waals surface area contributed by atoms with Crippen LogP contribution in [-0.2, 0) is 14.0 Å². The number of nitrogens with one attached hydrogen (secondary N) is 1. The average Bonchev–Trinajstić information content (AvgIpc) is 3.50. The fraction of sp³-hybridized carbons (Fsp3) is 0.684. The van der Waals surface area contributed by atoms with Gasteiger partial charge in [-0.25, -0.2) is 4.52 Å². The number of nitrogens with zero attached hydrogens (tertiary/aromatic N) is 3. The molecule has 1 saturated heterocycles. The van der Waals surface area contributed by atoms with Gasteiger partial charge in [-0.2, -0.15) is 4.98 Å². The average molecular weight is 523 g/mol. The number of hydrogen-bond donors (Lipinski definition) is 7. The molecule has 1 saturated carbocycles. The second-order valence-corrected chi connectivity index (χ2v) is 10.8. The van der Waals surface area contributed by atoms with E-state index in [0.29, 0.717) is 17.0 Å². The van der Waals surface area contributed by atoms with Crippen LogP contribution in [0.4, 0.5) is 5.82 Å². The van der Waals surface area contributed by atoms with Gasteiger partial charge in [0.15, 0.2) is 5.82 Å². The van der Waals surface area contributed by atoms with Crippen molar-refractivity contribution < 1.29 is 44.3 Å². The van der Waals surface area contributed by atoms with Crippen LogP contribution in [0.2, 0.25) is 5.28 Å². The van der Waals surface area contributed by atoms with E-state index in [4.69, 9.17) is 21.1 Å². The Morgan fingerprint density at radius 2 is 1.88 bits per heavy atom. The molecule has 15 heteroatoms. The summed E-state index contributed by atoms with van der Waals surface area (Å²) in [4.78, 5) is 23.2. The monoisotopic (exact) mass is 522 g/mol. The van der Waals surface area contributed by atoms with E-state index in [2.05, 4.69) is 15.4 Å². The van der Waals surface area contributed by atoms with E-state index in [1.165, 1.54) is 4.52 Å². The highest BCUT2D eigenvalue weighted by Gasteiger charge is 2.51. The maximum atomic E-state index is 11.7. The van der Waals surface area contributed by atoms with E-state index < -0.39 is 57.2 Å². The summed E-state index contributed by atoms with van der Waals surface area (Å²) < 4.78 is 24.1. The first kappa shape index (κ1) is 25.7. The molecule has 1 aliphatic carbocycles. The van der Waals surface area contributed by atoms with Crippen LogP contribution in [0.5, 0.6) is 0 Å². The van der Waals surface area contributed by atoms with E-state index in [1.54, 1.807) is 12.1 Å². The zero-order valence-corrected chi connectivity index (χ0v) is 19.7. The first-order chi connectivity index (χ1) is 16.1. The Kier molecular flexibility index (Phi) is 7.51. The quantitative estimate of drug-likeness (QED) is 0.214. The summed E-state index contributed by atoms with van der Waals surface area (Å²) in [7, 11) is -5.08. The van der Waals surface area contributed by atoms with Crippen molar-refractivity contribution in [2.45, 2.75) is 61.5 Å². The van der Waals surface area contributed by atoms with Gasteiger partial charge in [0.25, 0.3) is 0 Å². The minimum atomic E-state index is -5.08. The fourth-order valence-corrected chi connectivity index (χ4v) is 5.12. The smallest absolute Gasteiger partial charge is 0.361 e. The molecule has 3 heterocycles. The summed E-state index contributed by atoms with van der Waals surface area (Å²) in [6, 6.07) is 3.63. The topological polar surface area (TPSA) is 199 Å². The van der Waals surface area contributed by atoms with Gasteiger partial charge in [0, 0.05) is 6.04 Å². The van der Waals surface area contributed by atoms with Crippen LogP contribution in [-0.4, -0.2) is 94.3 Å². The predicted molar refractivity (Wildman–Crippen MR) is 118 cm³/mol. The fourth-order valence-electron chi connectivity index (χ4n) is 4.35. The van der Waals surface area contributed by atoms with Gasteiger partial charge in [0.1, 0.15) is 29.9 Å². The van der Waals surface area contributed by atoms with Crippen molar-refractivity contribution in [2.24, 2.45) is 0 Å². The molecule has 0 amide bonds. The van der Waals surface area contributed by atoms with Crippen LogP contribution in [0.15, 0.2) is 12.1 Å². The Hall–Kier alpha value is -1.38. The number of fused-ring (bicyclic) bond motifs is 1. The molecule has 7 N–H and O–H groups in total. The zero-order chi connectivity index (χ0) is 24.7. The molecule has 0 bridgehead atoms. The third kappa shape index (κ3) is 4.70. The normalized spacial score (nSPS) is 26.6. The van der Waals surface area contributed by atoms with Crippen LogP contribution in [0.1, 0.15) is 37.5 Å². The number of ether oxygens (including phenoxy) is 2. The van der Waals surface area contributed by atoms with Gasteiger partial charge in [-0.1, -0.05) is 12.8 Å². The zero-order valence-electron chi connectivity index (χ0n) is 18.1. The van der Waals surface area contributed by atoms with Crippen LogP contribution < -0.4 is 5.32 Å². The summed E-state index contributed by atoms with van der Waals surface area (Å²) in [5, 5.41) is 44.9. The van der Waals surface area contributed by atoms with Gasteiger partial charge in [0.05, 0.1) is 25.5 Å². The standard InChI is InChI=1S/C19H28ClN4O9P/c20-18-22-17(21-10-3-1-2-4-10)12-6-5-11(24(12)23-18)16-15(28)14(27)13(33-16)7-32-19(8-25,9-26)34(29,30)31/h5-6,10,13-16,25-28H,1-4,7-9H2,(H,21,22,23)(H2,29,30,31)/t13-,14-,15-,16-/m1/s1. The Bertz CT molecular complexity index is 1060. The van der Waals surface area contributed by atoms with Crippen molar-refractivity contribution in [3.63, 3.8) is 0 Å². The number of anilines is 1. The van der Waals surface area contributed by atoms with Crippen molar-refractivity contribution in [1.82, 2.24) is 14.6 Å². The van der Waals surface area contributed by atoms with Crippen molar-refractivity contribution in [2.75, 3.05) is 25.1 Å². The molecule has 4 atom stereocenters. The van der Waals surface area contributed by atoms with Crippen molar-refractivity contribution in [3.05, 3.63) is 23.1 Å². The lowest BCUT2D eigenvalue weighted by Gasteiger charge is -2.31. The van der Waals surface area contributed by atoms with Crippen molar-refractivity contribution >= 4 is 30.5 Å². The summed E-state index contributed by atoms with van der Waals surface area (Å²) in [6.07, 6.45) is -0.951. The number of hydrogen-bond acceptors (Lipinski definition) is 10. The molecule has 2 aromatic heterocycles. The summed E-state index contributed by atoms with van der Waals surface area (Å²) >= 11 is 6.14. The van der Waals surface area contributed by atoms with E-state index in [-0.39, 0.29) is 11.3 Å². The van der Waals surface area contributed by atoms with Crippen LogP contribution in [0.3, 0.4) is 0 Å². The van der Waals surface area contributed by atoms with E-state index >= 15 is 0 Å². The largest absolute Gasteiger partial charge is 0.393 e. The van der Waals surface area contributed by atoms with Gasteiger partial charge in [-0.15, -0.1) is 5.10 Å². The van der Waals surface area contributed by atoms with Gasteiger partial charge in [-0.3, -0.25) is 4.57 Å². The number of aromatic nitrogens is 3. The number of rotatable bonds is 9. The molecule has 2 fully saturated rings. The molecule has 4 rings (SSSR count). The highest BCUT2D eigenvalue weighted by molar-refractivity contribution is 7.53. The minimum Gasteiger partial charge on any atom is -0.393 e. The summed E-state index contributed by atoms with van der Waals surface area (Å²) in [5.41, 5.74) is 0.964. The molecule has 190 valence electrons. The van der Waals surface area contributed by atoms with Crippen LogP contribution in [0.25, 0.3) is 5.52 Å². The lowest BCUT2D eigenvalue weighted by Crippen LogP contribution is -2.44. The Labute approximate surface area is 199 Å². The van der Waals surface area contributed by atoms with Crippen molar-refractivity contribution in [1.29, 1.82) is 0 Å². The Balaban J connectivity index is 1.56. The summed E-state index contributed by atoms with van der Waals surface area (Å²) in [6.45, 7) is -2.95. The molecule has 0 aromatic carbocycles. The molecular weight excluding hydrogens is 495 g/mol. The predicted octanol–water partition coefficient (Wildman–Crippen LogP) is -0.226. The molecule has 13 nitrogen and oxygen atoms in total. The lowest BCUT2D eigenvalue weighted by molar-refractivity contribution is -0.114. The van der Waals surface area contributed by atoms with E-state index in [9.17, 15) is 34.8 Å². The van der Waals surface area contributed by atoms with Gasteiger partial charge < -0.3 is 45.0 Å². The first-order valence-corrected chi connectivity index (χ1v) is 12.8. The van der Waals surface area contributed by atoms with E-state index in [0.717, 1.165) is 25.7 Å². The van der Waals surface area contributed by atoms with E-state index in [1.807, 2.05) is 0 Å².